The Morgan fingerprint density at radius 2 is 2.07 bits per heavy atom. The Kier molecular flexibility index (Phi) is 6.94. The molecule has 1 atom stereocenters. The number of hydrogen-bond donors (Lipinski definition) is 2. The predicted octanol–water partition coefficient (Wildman–Crippen LogP) is 0.987. The lowest BCUT2D eigenvalue weighted by atomic mass is 10.1. The van der Waals surface area contributed by atoms with Crippen molar-refractivity contribution in [3.05, 3.63) is 41.2 Å². The Morgan fingerprint density at radius 3 is 2.77 bits per heavy atom. The van der Waals surface area contributed by atoms with E-state index in [1.165, 1.54) is 6.20 Å². The summed E-state index contributed by atoms with van der Waals surface area (Å²) in [5.41, 5.74) is 2.35. The van der Waals surface area contributed by atoms with Gasteiger partial charge in [-0.05, 0) is 38.6 Å². The van der Waals surface area contributed by atoms with Crippen LogP contribution in [0, 0.1) is 13.8 Å². The molecule has 3 rings (SSSR count). The molecule has 0 spiro atoms. The first kappa shape index (κ1) is 21.6. The zero-order chi connectivity index (χ0) is 21.7. The maximum atomic E-state index is 12.7. The molecule has 0 radical (unpaired) electrons. The third-order valence-electron chi connectivity index (χ3n) is 5.28. The van der Waals surface area contributed by atoms with Crippen molar-refractivity contribution in [2.45, 2.75) is 19.9 Å². The van der Waals surface area contributed by atoms with Crippen molar-refractivity contribution in [3.63, 3.8) is 0 Å². The van der Waals surface area contributed by atoms with Crippen LogP contribution in [0.2, 0.25) is 0 Å². The second-order valence-corrected chi connectivity index (χ2v) is 7.45. The third kappa shape index (κ3) is 4.91. The fraction of sp³-hybridized carbons (Fsp3) is 0.476. The monoisotopic (exact) mass is 415 g/mol. The zero-order valence-corrected chi connectivity index (χ0v) is 17.9. The maximum absolute atomic E-state index is 12.7. The van der Waals surface area contributed by atoms with Crippen LogP contribution >= 0.6 is 0 Å². The molecule has 30 heavy (non-hydrogen) atoms. The number of benzene rings is 1. The Balaban J connectivity index is 1.51. The van der Waals surface area contributed by atoms with Gasteiger partial charge >= 0.3 is 0 Å². The molecule has 1 saturated heterocycles. The number of aromatic nitrogens is 2. The van der Waals surface area contributed by atoms with Gasteiger partial charge in [0, 0.05) is 25.3 Å². The van der Waals surface area contributed by atoms with Crippen LogP contribution in [0.4, 0.5) is 0 Å². The lowest BCUT2D eigenvalue weighted by molar-refractivity contribution is -0.127. The van der Waals surface area contributed by atoms with Gasteiger partial charge in [-0.1, -0.05) is 6.07 Å². The minimum absolute atomic E-state index is 0.109. The number of ether oxygens (including phenoxy) is 2. The van der Waals surface area contributed by atoms with Crippen molar-refractivity contribution in [1.82, 2.24) is 25.3 Å². The van der Waals surface area contributed by atoms with Gasteiger partial charge in [0.2, 0.25) is 5.91 Å². The van der Waals surface area contributed by atoms with E-state index in [-0.39, 0.29) is 11.8 Å². The number of nitrogens with zero attached hydrogens (tertiary/aromatic N) is 3. The number of aryl methyl sites for hydroxylation is 2. The Bertz CT molecular complexity index is 897. The molecule has 2 heterocycles. The van der Waals surface area contributed by atoms with E-state index in [2.05, 4.69) is 15.5 Å². The van der Waals surface area contributed by atoms with Gasteiger partial charge in [-0.25, -0.2) is 0 Å². The second-order valence-electron chi connectivity index (χ2n) is 7.45. The highest BCUT2D eigenvalue weighted by atomic mass is 16.5. The number of carbonyl (C=O) groups is 2. The zero-order valence-electron chi connectivity index (χ0n) is 17.9. The number of H-pyrrole nitrogens is 1. The number of methoxy groups -OCH3 is 1. The number of rotatable bonds is 7. The molecule has 1 unspecified atom stereocenters. The molecule has 2 N–H and O–H groups in total. The first-order valence-electron chi connectivity index (χ1n) is 9.95. The average molecular weight is 415 g/mol. The van der Waals surface area contributed by atoms with Crippen molar-refractivity contribution >= 4 is 11.8 Å². The summed E-state index contributed by atoms with van der Waals surface area (Å²) in [5.74, 6) is 1.07. The van der Waals surface area contributed by atoms with E-state index >= 15 is 0 Å². The van der Waals surface area contributed by atoms with E-state index in [1.54, 1.807) is 12.0 Å². The van der Waals surface area contributed by atoms with Crippen molar-refractivity contribution in [3.8, 4) is 11.5 Å². The molecule has 2 aromatic rings. The summed E-state index contributed by atoms with van der Waals surface area (Å²) in [6.07, 6.45) is 1.53. The molecule has 9 nitrogen and oxygen atoms in total. The van der Waals surface area contributed by atoms with Crippen molar-refractivity contribution < 1.29 is 19.1 Å². The van der Waals surface area contributed by atoms with E-state index in [9.17, 15) is 9.59 Å². The van der Waals surface area contributed by atoms with E-state index in [1.807, 2.05) is 44.0 Å². The molecule has 0 saturated carbocycles. The number of carbonyl (C=O) groups excluding carboxylic acids is 2. The highest BCUT2D eigenvalue weighted by molar-refractivity contribution is 5.95. The van der Waals surface area contributed by atoms with Crippen LogP contribution in [0.15, 0.2) is 24.4 Å². The third-order valence-corrected chi connectivity index (χ3v) is 5.28. The summed E-state index contributed by atoms with van der Waals surface area (Å²) in [7, 11) is 3.49. The molecule has 162 valence electrons. The van der Waals surface area contributed by atoms with Crippen molar-refractivity contribution in [2.24, 2.45) is 0 Å². The van der Waals surface area contributed by atoms with Crippen LogP contribution in [-0.2, 0) is 4.79 Å². The topological polar surface area (TPSA) is 99.8 Å². The summed E-state index contributed by atoms with van der Waals surface area (Å²) in [6.45, 7) is 5.99. The second kappa shape index (κ2) is 9.62. The van der Waals surface area contributed by atoms with Crippen LogP contribution in [0.5, 0.6) is 11.5 Å². The first-order chi connectivity index (χ1) is 14.4. The molecular formula is C21H29N5O4. The SMILES string of the molecule is COc1cc(C)ccc1OCCNC(=O)C1CN(C(=O)c2cn[nH]c2C)CCN1C. The van der Waals surface area contributed by atoms with Crippen LogP contribution < -0.4 is 14.8 Å². The highest BCUT2D eigenvalue weighted by Gasteiger charge is 2.33. The number of piperazine rings is 1. The van der Waals surface area contributed by atoms with Gasteiger partial charge in [-0.15, -0.1) is 0 Å². The largest absolute Gasteiger partial charge is 0.493 e. The highest BCUT2D eigenvalue weighted by Crippen LogP contribution is 2.27. The molecule has 1 aliphatic heterocycles. The molecular weight excluding hydrogens is 386 g/mol. The molecule has 9 heteroatoms. The summed E-state index contributed by atoms with van der Waals surface area (Å²) in [6, 6.07) is 5.29. The van der Waals surface area contributed by atoms with Gasteiger partial charge in [0.15, 0.2) is 11.5 Å². The summed E-state index contributed by atoms with van der Waals surface area (Å²) in [5, 5.41) is 9.60. The number of likely N-dealkylation sites (N-methyl/N-ethyl adjacent to an activating group) is 1. The number of hydrogen-bond acceptors (Lipinski definition) is 6. The lowest BCUT2D eigenvalue weighted by Crippen LogP contribution is -2.59. The Labute approximate surface area is 176 Å². The smallest absolute Gasteiger partial charge is 0.257 e. The minimum atomic E-state index is -0.413. The standard InChI is InChI=1S/C21H29N5O4/c1-14-5-6-18(19(11-14)29-4)30-10-7-22-20(27)17-13-26(9-8-25(17)3)21(28)16-12-23-24-15(16)2/h5-6,11-12,17H,7-10,13H2,1-4H3,(H,22,27)(H,23,24). The molecule has 2 amide bonds. The molecule has 1 fully saturated rings. The average Bonchev–Trinajstić information content (AvgIpc) is 3.17. The van der Waals surface area contributed by atoms with E-state index in [4.69, 9.17) is 9.47 Å². The summed E-state index contributed by atoms with van der Waals surface area (Å²) in [4.78, 5) is 29.1. The fourth-order valence-corrected chi connectivity index (χ4v) is 3.42. The van der Waals surface area contributed by atoms with E-state index in [0.717, 1.165) is 11.3 Å². The lowest BCUT2D eigenvalue weighted by Gasteiger charge is -2.38. The van der Waals surface area contributed by atoms with E-state index in [0.29, 0.717) is 49.8 Å². The number of aromatic amines is 1. The first-order valence-corrected chi connectivity index (χ1v) is 9.95. The van der Waals surface area contributed by atoms with Crippen LogP contribution in [0.25, 0.3) is 0 Å². The van der Waals surface area contributed by atoms with Crippen LogP contribution in [0.1, 0.15) is 21.6 Å². The molecule has 0 bridgehead atoms. The van der Waals surface area contributed by atoms with Gasteiger partial charge in [-0.3, -0.25) is 19.6 Å². The summed E-state index contributed by atoms with van der Waals surface area (Å²) < 4.78 is 11.1. The minimum Gasteiger partial charge on any atom is -0.493 e. The fourth-order valence-electron chi connectivity index (χ4n) is 3.42. The quantitative estimate of drug-likeness (QED) is 0.654. The molecule has 1 aromatic heterocycles. The van der Waals surface area contributed by atoms with Gasteiger partial charge in [0.25, 0.3) is 5.91 Å². The predicted molar refractivity (Wildman–Crippen MR) is 112 cm³/mol. The maximum Gasteiger partial charge on any atom is 0.257 e. The van der Waals surface area contributed by atoms with Gasteiger partial charge in [0.1, 0.15) is 12.6 Å². The molecule has 1 aromatic carbocycles. The van der Waals surface area contributed by atoms with Crippen LogP contribution in [-0.4, -0.2) is 84.8 Å². The normalized spacial score (nSPS) is 16.9. The number of amides is 2. The van der Waals surface area contributed by atoms with Gasteiger partial charge in [-0.2, -0.15) is 5.10 Å². The molecule has 0 aliphatic carbocycles. The number of nitrogens with one attached hydrogen (secondary N) is 2. The van der Waals surface area contributed by atoms with Gasteiger partial charge in [0.05, 0.1) is 25.4 Å². The van der Waals surface area contributed by atoms with Crippen molar-refractivity contribution in [1.29, 1.82) is 0 Å². The van der Waals surface area contributed by atoms with Crippen molar-refractivity contribution in [2.75, 3.05) is 46.9 Å². The van der Waals surface area contributed by atoms with Gasteiger partial charge < -0.3 is 19.7 Å². The Morgan fingerprint density at radius 1 is 1.27 bits per heavy atom. The molecule has 1 aliphatic rings. The summed E-state index contributed by atoms with van der Waals surface area (Å²) >= 11 is 0. The van der Waals surface area contributed by atoms with Crippen LogP contribution in [0.3, 0.4) is 0 Å². The Hall–Kier alpha value is -3.07. The van der Waals surface area contributed by atoms with E-state index < -0.39 is 6.04 Å².